The molecule has 9 nitrogen and oxygen atoms in total. The molecule has 0 aliphatic carbocycles. The normalized spacial score (nSPS) is 11.1. The predicted molar refractivity (Wildman–Crippen MR) is 111 cm³/mol. The fraction of sp³-hybridized carbons (Fsp3) is 0.150. The molecular weight excluding hydrogens is 408 g/mol. The fourth-order valence-corrected chi connectivity index (χ4v) is 3.48. The predicted octanol–water partition coefficient (Wildman–Crippen LogP) is 1.53. The van der Waals surface area contributed by atoms with Crippen molar-refractivity contribution in [3.63, 3.8) is 0 Å². The average Bonchev–Trinajstić information content (AvgIpc) is 2.70. The van der Waals surface area contributed by atoms with Crippen LogP contribution in [0.5, 0.6) is 5.75 Å². The number of ether oxygens (including phenoxy) is 1. The first-order valence-electron chi connectivity index (χ1n) is 8.95. The van der Waals surface area contributed by atoms with Crippen LogP contribution in [0.1, 0.15) is 16.1 Å². The first kappa shape index (κ1) is 21.2. The second kappa shape index (κ2) is 8.89. The lowest BCUT2D eigenvalue weighted by molar-refractivity contribution is 0.101. The van der Waals surface area contributed by atoms with Crippen molar-refractivity contribution in [1.82, 2.24) is 9.78 Å². The SMILES string of the molecule is Cc1ccc(NC(=O)c2ccc(=O)n(CCOc3ccccc3)n2)cc1S(N)(=O)=O. The largest absolute Gasteiger partial charge is 0.492 e. The Labute approximate surface area is 173 Å². The van der Waals surface area contributed by atoms with Crippen molar-refractivity contribution in [2.45, 2.75) is 18.4 Å². The second-order valence-corrected chi connectivity index (χ2v) is 7.95. The molecule has 3 N–H and O–H groups in total. The Bertz CT molecular complexity index is 1220. The van der Waals surface area contributed by atoms with E-state index in [0.29, 0.717) is 11.3 Å². The number of amides is 1. The number of benzene rings is 2. The zero-order valence-corrected chi connectivity index (χ0v) is 16.9. The van der Waals surface area contributed by atoms with Gasteiger partial charge in [-0.25, -0.2) is 18.2 Å². The van der Waals surface area contributed by atoms with E-state index >= 15 is 0 Å². The van der Waals surface area contributed by atoms with Gasteiger partial charge < -0.3 is 10.1 Å². The number of nitrogens with one attached hydrogen (secondary N) is 1. The van der Waals surface area contributed by atoms with E-state index in [0.717, 1.165) is 4.68 Å². The summed E-state index contributed by atoms with van der Waals surface area (Å²) in [7, 11) is -3.93. The van der Waals surface area contributed by atoms with Gasteiger partial charge in [-0.2, -0.15) is 5.10 Å². The highest BCUT2D eigenvalue weighted by Gasteiger charge is 2.15. The van der Waals surface area contributed by atoms with E-state index in [1.165, 1.54) is 24.3 Å². The number of carbonyl (C=O) groups is 1. The van der Waals surface area contributed by atoms with Gasteiger partial charge in [0.25, 0.3) is 11.5 Å². The van der Waals surface area contributed by atoms with Crippen molar-refractivity contribution in [2.24, 2.45) is 5.14 Å². The van der Waals surface area contributed by atoms with Crippen LogP contribution in [-0.4, -0.2) is 30.7 Å². The maximum atomic E-state index is 12.5. The highest BCUT2D eigenvalue weighted by atomic mass is 32.2. The molecule has 2 aromatic carbocycles. The summed E-state index contributed by atoms with van der Waals surface area (Å²) in [6, 6.07) is 16.0. The number of anilines is 1. The molecule has 0 spiro atoms. The Morgan fingerprint density at radius 1 is 1.13 bits per heavy atom. The molecule has 10 heteroatoms. The molecule has 3 aromatic rings. The molecule has 1 amide bonds. The number of primary sulfonamides is 1. The van der Waals surface area contributed by atoms with E-state index in [1.807, 2.05) is 18.2 Å². The summed E-state index contributed by atoms with van der Waals surface area (Å²) in [5, 5.41) is 11.8. The minimum absolute atomic E-state index is 0.00737. The van der Waals surface area contributed by atoms with Gasteiger partial charge >= 0.3 is 0 Å². The van der Waals surface area contributed by atoms with E-state index in [2.05, 4.69) is 10.4 Å². The van der Waals surface area contributed by atoms with Gasteiger partial charge in [0, 0.05) is 11.8 Å². The Hall–Kier alpha value is -3.50. The summed E-state index contributed by atoms with van der Waals surface area (Å²) >= 11 is 0. The zero-order valence-electron chi connectivity index (χ0n) is 16.1. The number of carbonyl (C=O) groups excluding carboxylic acids is 1. The number of nitrogens with two attached hydrogens (primary N) is 1. The Kier molecular flexibility index (Phi) is 6.28. The summed E-state index contributed by atoms with van der Waals surface area (Å²) in [6.45, 7) is 1.94. The van der Waals surface area contributed by atoms with Gasteiger partial charge in [-0.05, 0) is 42.8 Å². The number of para-hydroxylation sites is 1. The number of aryl methyl sites for hydroxylation is 1. The van der Waals surface area contributed by atoms with Crippen molar-refractivity contribution in [3.05, 3.63) is 82.3 Å². The maximum absolute atomic E-state index is 12.5. The van der Waals surface area contributed by atoms with Crippen LogP contribution in [0.4, 0.5) is 5.69 Å². The highest BCUT2D eigenvalue weighted by Crippen LogP contribution is 2.19. The van der Waals surface area contributed by atoms with E-state index in [4.69, 9.17) is 9.88 Å². The van der Waals surface area contributed by atoms with Gasteiger partial charge in [0.2, 0.25) is 10.0 Å². The van der Waals surface area contributed by atoms with Crippen LogP contribution in [0, 0.1) is 6.92 Å². The second-order valence-electron chi connectivity index (χ2n) is 6.42. The molecule has 0 fully saturated rings. The monoisotopic (exact) mass is 428 g/mol. The number of aromatic nitrogens is 2. The smallest absolute Gasteiger partial charge is 0.276 e. The molecule has 0 bridgehead atoms. The lowest BCUT2D eigenvalue weighted by Gasteiger charge is -2.10. The van der Waals surface area contributed by atoms with Crippen LogP contribution in [0.15, 0.2) is 70.4 Å². The Balaban J connectivity index is 1.72. The quantitative estimate of drug-likeness (QED) is 0.586. The van der Waals surface area contributed by atoms with Gasteiger partial charge in [0.1, 0.15) is 18.1 Å². The third-order valence-corrected chi connectivity index (χ3v) is 5.22. The molecular formula is C20H20N4O5S. The third kappa shape index (κ3) is 5.31. The number of hydrogen-bond donors (Lipinski definition) is 2. The third-order valence-electron chi connectivity index (χ3n) is 4.17. The highest BCUT2D eigenvalue weighted by molar-refractivity contribution is 7.89. The van der Waals surface area contributed by atoms with Gasteiger partial charge in [-0.3, -0.25) is 9.59 Å². The molecule has 1 aromatic heterocycles. The minimum Gasteiger partial charge on any atom is -0.492 e. The van der Waals surface area contributed by atoms with Crippen molar-refractivity contribution in [3.8, 4) is 5.75 Å². The summed E-state index contributed by atoms with van der Waals surface area (Å²) in [5.41, 5.74) is 0.310. The molecule has 1 heterocycles. The number of nitrogens with zero attached hydrogens (tertiary/aromatic N) is 2. The maximum Gasteiger partial charge on any atom is 0.276 e. The topological polar surface area (TPSA) is 133 Å². The van der Waals surface area contributed by atoms with Gasteiger partial charge in [0.15, 0.2) is 0 Å². The van der Waals surface area contributed by atoms with Crippen molar-refractivity contribution in [2.75, 3.05) is 11.9 Å². The molecule has 0 atom stereocenters. The van der Waals surface area contributed by atoms with Crippen LogP contribution in [0.3, 0.4) is 0 Å². The number of sulfonamides is 1. The minimum atomic E-state index is -3.93. The van der Waals surface area contributed by atoms with Gasteiger partial charge in [-0.15, -0.1) is 0 Å². The van der Waals surface area contributed by atoms with Crippen LogP contribution in [0.25, 0.3) is 0 Å². The molecule has 156 valence electrons. The summed E-state index contributed by atoms with van der Waals surface area (Å²) in [4.78, 5) is 24.5. The molecule has 0 saturated carbocycles. The zero-order chi connectivity index (χ0) is 21.7. The molecule has 3 rings (SSSR count). The average molecular weight is 428 g/mol. The fourth-order valence-electron chi connectivity index (χ4n) is 2.68. The molecule has 0 radical (unpaired) electrons. The van der Waals surface area contributed by atoms with Gasteiger partial charge in [0.05, 0.1) is 11.4 Å². The molecule has 0 unspecified atom stereocenters. The first-order chi connectivity index (χ1) is 14.2. The summed E-state index contributed by atoms with van der Waals surface area (Å²) < 4.78 is 30.0. The first-order valence-corrected chi connectivity index (χ1v) is 10.5. The molecule has 0 saturated heterocycles. The lowest BCUT2D eigenvalue weighted by atomic mass is 10.2. The van der Waals surface area contributed by atoms with Crippen LogP contribution in [-0.2, 0) is 16.6 Å². The molecule has 0 aliphatic rings. The Morgan fingerprint density at radius 2 is 1.87 bits per heavy atom. The number of rotatable bonds is 7. The van der Waals surface area contributed by atoms with Crippen LogP contribution < -0.4 is 20.8 Å². The number of hydrogen-bond acceptors (Lipinski definition) is 6. The lowest BCUT2D eigenvalue weighted by Crippen LogP contribution is -2.28. The van der Waals surface area contributed by atoms with E-state index in [-0.39, 0.29) is 35.0 Å². The van der Waals surface area contributed by atoms with Crippen LogP contribution >= 0.6 is 0 Å². The van der Waals surface area contributed by atoms with Crippen molar-refractivity contribution in [1.29, 1.82) is 0 Å². The molecule has 30 heavy (non-hydrogen) atoms. The standard InChI is InChI=1S/C20H20N4O5S/c1-14-7-8-15(13-18(14)30(21,27)28)22-20(26)17-9-10-19(25)24(23-17)11-12-29-16-5-3-2-4-6-16/h2-10,13H,11-12H2,1H3,(H,22,26)(H2,21,27,28). The van der Waals surface area contributed by atoms with E-state index in [9.17, 15) is 18.0 Å². The summed E-state index contributed by atoms with van der Waals surface area (Å²) in [6.07, 6.45) is 0. The Morgan fingerprint density at radius 3 is 2.57 bits per heavy atom. The van der Waals surface area contributed by atoms with Gasteiger partial charge in [-0.1, -0.05) is 24.3 Å². The summed E-state index contributed by atoms with van der Waals surface area (Å²) in [5.74, 6) is 0.0569. The van der Waals surface area contributed by atoms with Crippen LogP contribution in [0.2, 0.25) is 0 Å². The van der Waals surface area contributed by atoms with E-state index < -0.39 is 15.9 Å². The van der Waals surface area contributed by atoms with E-state index in [1.54, 1.807) is 25.1 Å². The van der Waals surface area contributed by atoms with Crippen molar-refractivity contribution < 1.29 is 17.9 Å². The van der Waals surface area contributed by atoms with Crippen molar-refractivity contribution >= 4 is 21.6 Å². The molecule has 0 aliphatic heterocycles.